The molecule has 9 heteroatoms. The van der Waals surface area contributed by atoms with Crippen LogP contribution in [0.25, 0.3) is 28.2 Å². The normalized spacial score (nSPS) is 11.3. The number of hydrogen-bond acceptors (Lipinski definition) is 2. The van der Waals surface area contributed by atoms with Crippen molar-refractivity contribution in [3.63, 3.8) is 0 Å². The number of nitrogens with one attached hydrogen (secondary N) is 1. The van der Waals surface area contributed by atoms with Gasteiger partial charge in [0.25, 0.3) is 5.91 Å². The summed E-state index contributed by atoms with van der Waals surface area (Å²) in [5.74, 6) is -0.206. The Morgan fingerprint density at radius 2 is 1.41 bits per heavy atom. The van der Waals surface area contributed by atoms with E-state index in [2.05, 4.69) is 5.32 Å². The van der Waals surface area contributed by atoms with E-state index >= 15 is 0 Å². The Hall–Kier alpha value is -3.26. The molecule has 37 heavy (non-hydrogen) atoms. The van der Waals surface area contributed by atoms with Crippen molar-refractivity contribution in [3.05, 3.63) is 101 Å². The Kier molecular flexibility index (Phi) is 9.07. The molecule has 0 atom stereocenters. The molecule has 1 N–H and O–H groups in total. The van der Waals surface area contributed by atoms with Gasteiger partial charge in [-0.25, -0.2) is 0 Å². The van der Waals surface area contributed by atoms with Crippen molar-refractivity contribution in [1.82, 2.24) is 14.8 Å². The third-order valence-electron chi connectivity index (χ3n) is 5.76. The number of carbonyl (C=O) groups is 1. The molecule has 0 saturated heterocycles. The van der Waals surface area contributed by atoms with Crippen LogP contribution in [0.3, 0.4) is 0 Å². The Bertz CT molecular complexity index is 1350. The third-order valence-corrected chi connectivity index (χ3v) is 6.01. The lowest BCUT2D eigenvalue weighted by molar-refractivity contribution is -0.137. The summed E-state index contributed by atoms with van der Waals surface area (Å²) < 4.78 is 43.5. The van der Waals surface area contributed by atoms with E-state index in [0.29, 0.717) is 40.6 Å². The molecule has 0 radical (unpaired) electrons. The quantitative estimate of drug-likeness (QED) is 0.265. The number of amides is 1. The number of hydrogen-bond donors (Lipinski definition) is 1. The second-order valence-corrected chi connectivity index (χ2v) is 9.03. The van der Waals surface area contributed by atoms with Gasteiger partial charge in [-0.2, -0.15) is 13.2 Å². The molecule has 0 bridgehead atoms. The van der Waals surface area contributed by atoms with E-state index < -0.39 is 11.7 Å². The van der Waals surface area contributed by atoms with Crippen LogP contribution < -0.4 is 5.32 Å². The highest BCUT2D eigenvalue weighted by Crippen LogP contribution is 2.39. The van der Waals surface area contributed by atoms with Crippen LogP contribution in [0, 0.1) is 0 Å². The molecule has 3 aromatic carbocycles. The first-order chi connectivity index (χ1) is 17.1. The molecular weight excluding hydrogens is 522 g/mol. The fourth-order valence-electron chi connectivity index (χ4n) is 3.96. The zero-order valence-corrected chi connectivity index (χ0v) is 21.8. The van der Waals surface area contributed by atoms with E-state index in [9.17, 15) is 18.0 Å². The highest BCUT2D eigenvalue weighted by Gasteiger charge is 2.34. The lowest BCUT2D eigenvalue weighted by atomic mass is 10.1. The minimum absolute atomic E-state index is 0. The molecule has 194 valence electrons. The van der Waals surface area contributed by atoms with E-state index in [-0.39, 0.29) is 24.0 Å². The number of rotatable bonds is 7. The second kappa shape index (κ2) is 11.9. The van der Waals surface area contributed by atoms with Crippen LogP contribution >= 0.6 is 24.0 Å². The van der Waals surface area contributed by atoms with Gasteiger partial charge in [0.2, 0.25) is 0 Å². The zero-order valence-electron chi connectivity index (χ0n) is 20.2. The van der Waals surface area contributed by atoms with Crippen LogP contribution in [0.2, 0.25) is 5.02 Å². The topological polar surface area (TPSA) is 37.3 Å². The summed E-state index contributed by atoms with van der Waals surface area (Å²) in [6, 6.07) is 22.8. The van der Waals surface area contributed by atoms with E-state index in [1.54, 1.807) is 71.3 Å². The maximum absolute atomic E-state index is 14.0. The number of alkyl halides is 3. The van der Waals surface area contributed by atoms with Crippen LogP contribution in [-0.2, 0) is 6.18 Å². The summed E-state index contributed by atoms with van der Waals surface area (Å²) in [5, 5.41) is 3.39. The number of halogens is 5. The molecule has 4 rings (SSSR count). The van der Waals surface area contributed by atoms with Gasteiger partial charge in [0, 0.05) is 23.7 Å². The Balaban J connectivity index is 0.00000380. The van der Waals surface area contributed by atoms with Crippen LogP contribution in [0.4, 0.5) is 13.2 Å². The summed E-state index contributed by atoms with van der Waals surface area (Å²) in [6.07, 6.45) is -4.54. The van der Waals surface area contributed by atoms with Gasteiger partial charge in [0.1, 0.15) is 0 Å². The predicted molar refractivity (Wildman–Crippen MR) is 145 cm³/mol. The van der Waals surface area contributed by atoms with Crippen molar-refractivity contribution in [2.75, 3.05) is 27.2 Å². The van der Waals surface area contributed by atoms with Gasteiger partial charge >= 0.3 is 6.18 Å². The molecule has 0 unspecified atom stereocenters. The van der Waals surface area contributed by atoms with Gasteiger partial charge in [-0.05, 0) is 73.8 Å². The van der Waals surface area contributed by atoms with E-state index in [0.717, 1.165) is 11.6 Å². The predicted octanol–water partition coefficient (Wildman–Crippen LogP) is 7.20. The number of carbonyl (C=O) groups excluding carboxylic acids is 1. The molecule has 1 heterocycles. The summed E-state index contributed by atoms with van der Waals surface area (Å²) in [4.78, 5) is 14.4. The maximum atomic E-state index is 14.0. The standard InChI is InChI=1S/C28H25ClF3N3O.ClH/c1-34(2)18-17-33-27(36)21-9-7-19(8-10-21)24-15-16-25(20-11-13-22(29)14-12-20)35(24)26-6-4-3-5-23(26)28(30,31)32;/h3-16H,17-18H2,1-2H3,(H,33,36);1H. The summed E-state index contributed by atoms with van der Waals surface area (Å²) in [6.45, 7) is 1.22. The van der Waals surface area contributed by atoms with Crippen LogP contribution in [0.1, 0.15) is 15.9 Å². The summed E-state index contributed by atoms with van der Waals surface area (Å²) in [5.41, 5.74) is 2.30. The van der Waals surface area contributed by atoms with Gasteiger partial charge in [-0.3, -0.25) is 4.79 Å². The zero-order chi connectivity index (χ0) is 25.9. The Labute approximate surface area is 225 Å². The number of nitrogens with zero attached hydrogens (tertiary/aromatic N) is 2. The first-order valence-electron chi connectivity index (χ1n) is 11.3. The first-order valence-corrected chi connectivity index (χ1v) is 11.7. The van der Waals surface area contributed by atoms with Gasteiger partial charge < -0.3 is 14.8 Å². The molecule has 4 aromatic rings. The van der Waals surface area contributed by atoms with Crippen LogP contribution in [-0.4, -0.2) is 42.6 Å². The molecule has 0 aliphatic carbocycles. The maximum Gasteiger partial charge on any atom is 0.418 e. The number of benzene rings is 3. The van der Waals surface area contributed by atoms with Crippen molar-refractivity contribution in [3.8, 4) is 28.2 Å². The Morgan fingerprint density at radius 1 is 0.865 bits per heavy atom. The molecular formula is C28H26Cl2F3N3O. The lowest BCUT2D eigenvalue weighted by Crippen LogP contribution is -2.31. The van der Waals surface area contributed by atoms with Crippen LogP contribution in [0.5, 0.6) is 0 Å². The van der Waals surface area contributed by atoms with E-state index in [4.69, 9.17) is 11.6 Å². The summed E-state index contributed by atoms with van der Waals surface area (Å²) >= 11 is 6.04. The third kappa shape index (κ3) is 6.55. The first kappa shape index (κ1) is 28.3. The number of likely N-dealkylation sites (N-methyl/N-ethyl adjacent to an activating group) is 1. The van der Waals surface area contributed by atoms with E-state index in [1.165, 1.54) is 12.1 Å². The highest BCUT2D eigenvalue weighted by molar-refractivity contribution is 6.30. The minimum atomic E-state index is -4.54. The molecule has 0 aliphatic heterocycles. The van der Waals surface area contributed by atoms with Crippen molar-refractivity contribution in [2.24, 2.45) is 0 Å². The fourth-order valence-corrected chi connectivity index (χ4v) is 4.09. The fraction of sp³-hybridized carbons (Fsp3) is 0.179. The Morgan fingerprint density at radius 3 is 1.95 bits per heavy atom. The van der Waals surface area contributed by atoms with Gasteiger partial charge in [0.05, 0.1) is 22.6 Å². The minimum Gasteiger partial charge on any atom is -0.351 e. The smallest absolute Gasteiger partial charge is 0.351 e. The molecule has 0 fully saturated rings. The van der Waals surface area contributed by atoms with Crippen molar-refractivity contribution in [2.45, 2.75) is 6.18 Å². The molecule has 1 aromatic heterocycles. The SMILES string of the molecule is CN(C)CCNC(=O)c1ccc(-c2ccc(-c3ccc(Cl)cc3)n2-c2ccccc2C(F)(F)F)cc1.Cl. The van der Waals surface area contributed by atoms with E-state index in [1.807, 2.05) is 19.0 Å². The van der Waals surface area contributed by atoms with Crippen molar-refractivity contribution in [1.29, 1.82) is 0 Å². The molecule has 0 aliphatic rings. The van der Waals surface area contributed by atoms with Gasteiger partial charge in [0.15, 0.2) is 0 Å². The molecule has 4 nitrogen and oxygen atoms in total. The molecule has 1 amide bonds. The van der Waals surface area contributed by atoms with Crippen molar-refractivity contribution < 1.29 is 18.0 Å². The largest absolute Gasteiger partial charge is 0.418 e. The molecule has 0 spiro atoms. The van der Waals surface area contributed by atoms with Crippen molar-refractivity contribution >= 4 is 29.9 Å². The molecule has 0 saturated carbocycles. The number of aromatic nitrogens is 1. The summed E-state index contributed by atoms with van der Waals surface area (Å²) in [7, 11) is 3.84. The highest BCUT2D eigenvalue weighted by atomic mass is 35.5. The van der Waals surface area contributed by atoms with Gasteiger partial charge in [-0.1, -0.05) is 48.0 Å². The average molecular weight is 548 g/mol. The average Bonchev–Trinajstić information content (AvgIpc) is 3.29. The van der Waals surface area contributed by atoms with Gasteiger partial charge in [-0.15, -0.1) is 12.4 Å². The second-order valence-electron chi connectivity index (χ2n) is 8.60. The van der Waals surface area contributed by atoms with Crippen LogP contribution in [0.15, 0.2) is 84.9 Å². The lowest BCUT2D eigenvalue weighted by Gasteiger charge is -2.19. The number of para-hydroxylation sites is 1. The monoisotopic (exact) mass is 547 g/mol.